The van der Waals surface area contributed by atoms with Crippen molar-refractivity contribution in [1.29, 1.82) is 0 Å². The van der Waals surface area contributed by atoms with Crippen LogP contribution in [0.15, 0.2) is 239 Å². The molecule has 0 atom stereocenters. The molecule has 0 aliphatic carbocycles. The number of thiophene rings is 1. The summed E-state index contributed by atoms with van der Waals surface area (Å²) < 4.78 is 17.6. The van der Waals surface area contributed by atoms with E-state index in [1.807, 2.05) is 11.3 Å². The van der Waals surface area contributed by atoms with Crippen molar-refractivity contribution < 1.29 is 8.83 Å². The Morgan fingerprint density at radius 3 is 1.55 bits per heavy atom. The Morgan fingerprint density at radius 2 is 0.912 bits per heavy atom. The second kappa shape index (κ2) is 20.5. The molecular weight excluding hydrogens is 1130 g/mol. The summed E-state index contributed by atoms with van der Waals surface area (Å²) in [6.07, 6.45) is 0. The lowest BCUT2D eigenvalue weighted by Gasteiger charge is -2.44. The van der Waals surface area contributed by atoms with E-state index in [9.17, 15) is 0 Å². The van der Waals surface area contributed by atoms with Crippen LogP contribution in [0.3, 0.4) is 0 Å². The third kappa shape index (κ3) is 9.32. The fourth-order valence-electron chi connectivity index (χ4n) is 14.3. The molecule has 0 N–H and O–H groups in total. The smallest absolute Gasteiger partial charge is 0.376 e. The van der Waals surface area contributed by atoms with Crippen molar-refractivity contribution in [3.05, 3.63) is 253 Å². The van der Waals surface area contributed by atoms with Gasteiger partial charge in [0.25, 0.3) is 0 Å². The van der Waals surface area contributed by atoms with Crippen molar-refractivity contribution in [2.75, 3.05) is 14.6 Å². The second-order valence-corrected chi connectivity index (χ2v) is 30.5. The molecule has 0 saturated heterocycles. The minimum Gasteiger partial charge on any atom is -0.466 e. The number of furan rings is 2. The van der Waals surface area contributed by atoms with Crippen LogP contribution < -0.4 is 25.7 Å². The summed E-state index contributed by atoms with van der Waals surface area (Å²) in [5.74, 6) is 0. The second-order valence-electron chi connectivity index (χ2n) is 29.4. The Kier molecular flexibility index (Phi) is 12.8. The van der Waals surface area contributed by atoms with Gasteiger partial charge in [0.2, 0.25) is 0 Å². The van der Waals surface area contributed by atoms with Crippen molar-refractivity contribution in [2.45, 2.75) is 105 Å². The number of nitrogens with zero attached hydrogens (tertiary/aromatic N) is 3. The van der Waals surface area contributed by atoms with Crippen LogP contribution >= 0.6 is 11.3 Å². The third-order valence-corrected chi connectivity index (χ3v) is 20.4. The molecule has 3 aromatic heterocycles. The van der Waals surface area contributed by atoms with Gasteiger partial charge in [-0.05, 0) is 175 Å². The summed E-state index contributed by atoms with van der Waals surface area (Å²) in [6, 6.07) is 86.4. The number of anilines is 8. The molecule has 0 saturated carbocycles. The first-order valence-electron chi connectivity index (χ1n) is 32.2. The average molecular weight is 1200 g/mol. The number of hydrogen-bond donors (Lipinski definition) is 0. The maximum Gasteiger partial charge on any atom is 0.376 e. The van der Waals surface area contributed by atoms with Gasteiger partial charge in [-0.15, -0.1) is 11.3 Å². The van der Waals surface area contributed by atoms with E-state index in [-0.39, 0.29) is 21.7 Å². The number of hydrogen-bond acceptors (Lipinski definition) is 6. The van der Waals surface area contributed by atoms with E-state index in [4.69, 9.17) is 8.83 Å². The molecule has 5 nitrogen and oxygen atoms in total. The van der Waals surface area contributed by atoms with Crippen molar-refractivity contribution in [1.82, 2.24) is 0 Å². The van der Waals surface area contributed by atoms with Gasteiger partial charge in [-0.2, -0.15) is 0 Å². The molecule has 16 rings (SSSR count). The Morgan fingerprint density at radius 1 is 0.363 bits per heavy atom. The summed E-state index contributed by atoms with van der Waals surface area (Å²) >= 11 is 1.87. The largest absolute Gasteiger partial charge is 0.466 e. The van der Waals surface area contributed by atoms with Gasteiger partial charge in [0.15, 0.2) is 5.58 Å². The van der Waals surface area contributed by atoms with Crippen LogP contribution in [0.4, 0.5) is 45.5 Å². The molecule has 5 heterocycles. The van der Waals surface area contributed by atoms with Gasteiger partial charge in [0.05, 0.1) is 17.1 Å². The lowest BCUT2D eigenvalue weighted by Crippen LogP contribution is -2.61. The van der Waals surface area contributed by atoms with Crippen molar-refractivity contribution >= 4 is 128 Å². The van der Waals surface area contributed by atoms with Gasteiger partial charge in [-0.25, -0.2) is 0 Å². The molecule has 91 heavy (non-hydrogen) atoms. The van der Waals surface area contributed by atoms with Crippen LogP contribution in [0.5, 0.6) is 0 Å². The number of fused-ring (bicyclic) bond motifs is 13. The van der Waals surface area contributed by atoms with E-state index in [0.29, 0.717) is 0 Å². The molecule has 0 radical (unpaired) electrons. The monoisotopic (exact) mass is 1200 g/mol. The van der Waals surface area contributed by atoms with E-state index >= 15 is 0 Å². The molecule has 446 valence electrons. The molecule has 2 aliphatic rings. The van der Waals surface area contributed by atoms with E-state index in [0.717, 1.165) is 123 Å². The molecule has 11 aromatic carbocycles. The third-order valence-electron chi connectivity index (χ3n) is 19.3. The average Bonchev–Trinajstić information content (AvgIpc) is 1.64. The normalized spacial score (nSPS) is 13.4. The molecule has 14 aromatic rings. The lowest BCUT2D eigenvalue weighted by molar-refractivity contribution is 0.590. The minimum atomic E-state index is -0.426. The maximum absolute atomic E-state index is 7.70. The minimum absolute atomic E-state index is 0.0212. The molecule has 0 fully saturated rings. The number of rotatable bonds is 7. The van der Waals surface area contributed by atoms with Crippen LogP contribution in [0.25, 0.3) is 86.5 Å². The molecule has 0 amide bonds. The van der Waals surface area contributed by atoms with Gasteiger partial charge in [0, 0.05) is 75.9 Å². The van der Waals surface area contributed by atoms with E-state index in [1.54, 1.807) is 0 Å². The zero-order valence-electron chi connectivity index (χ0n) is 54.1. The van der Waals surface area contributed by atoms with Crippen molar-refractivity contribution in [2.24, 2.45) is 0 Å². The topological polar surface area (TPSA) is 36.0 Å². The van der Waals surface area contributed by atoms with Crippen LogP contribution in [-0.2, 0) is 21.7 Å². The highest BCUT2D eigenvalue weighted by Gasteiger charge is 2.50. The van der Waals surface area contributed by atoms with E-state index in [1.165, 1.54) is 42.4 Å². The summed E-state index contributed by atoms with van der Waals surface area (Å²) in [4.78, 5) is 7.57. The zero-order chi connectivity index (χ0) is 62.6. The van der Waals surface area contributed by atoms with Gasteiger partial charge in [-0.1, -0.05) is 210 Å². The zero-order valence-corrected chi connectivity index (χ0v) is 54.9. The first-order chi connectivity index (χ1) is 43.6. The Hall–Kier alpha value is -9.56. The summed E-state index contributed by atoms with van der Waals surface area (Å²) in [6.45, 7) is 27.1. The maximum atomic E-state index is 7.70. The van der Waals surface area contributed by atoms with Gasteiger partial charge in [-0.3, -0.25) is 0 Å². The molecule has 7 heteroatoms. The number of benzene rings is 11. The summed E-state index contributed by atoms with van der Waals surface area (Å²) in [5, 5.41) is 5.61. The quantitative estimate of drug-likeness (QED) is 0.149. The standard InChI is InChI=1S/C84H74BN3O2S/c1-81(2,3)54-28-35-58(36-29-54)86(59-37-30-55(31-38-59)82(4,5)6)61-41-44-74-65(47-61)66-48-64-67-49-68-62-25-19-20-26-72(62)89-79(68)78-76(67)85(88(71(64)50-75(66)91-74)60-39-32-56(33-40-60)83(7,8)9)80-77(69-45-53(27-43-73(69)90-80)51-21-15-13-16-22-51)87(78)70-42-34-57(84(10,11)12)46-63(70)52-23-17-14-18-24-52/h13-50H,1-12H3. The highest BCUT2D eigenvalue weighted by atomic mass is 32.1. The van der Waals surface area contributed by atoms with Gasteiger partial charge in [0.1, 0.15) is 16.8 Å². The SMILES string of the molecule is CC(C)(C)c1ccc(N2B3c4oc5ccc(-c6ccccc6)cc5c4N(c4ccc(C(C)(C)C)cc4-c4ccccc4)c4c3c(cc3c4oc4ccccc43)-c3cc4c(cc32)sc2ccc(N(c3ccc(C(C)(C)C)cc3)c3ccc(C(C)(C)C)cc3)cc24)cc1. The van der Waals surface area contributed by atoms with E-state index < -0.39 is 6.85 Å². The fraction of sp³-hybridized carbons (Fsp3) is 0.190. The Bertz CT molecular complexity index is 5150. The highest BCUT2D eigenvalue weighted by molar-refractivity contribution is 7.25. The molecule has 2 aliphatic heterocycles. The summed E-state index contributed by atoms with van der Waals surface area (Å²) in [5.41, 5.74) is 25.0. The highest BCUT2D eigenvalue weighted by Crippen LogP contribution is 2.56. The molecular formula is C84H74BN3O2S. The van der Waals surface area contributed by atoms with Crippen molar-refractivity contribution in [3.63, 3.8) is 0 Å². The van der Waals surface area contributed by atoms with Crippen molar-refractivity contribution in [3.8, 4) is 33.4 Å². The molecule has 0 spiro atoms. The molecule has 0 bridgehead atoms. The van der Waals surface area contributed by atoms with Crippen LogP contribution in [0.1, 0.15) is 105 Å². The fourth-order valence-corrected chi connectivity index (χ4v) is 15.4. The van der Waals surface area contributed by atoms with Crippen LogP contribution in [-0.4, -0.2) is 6.85 Å². The Balaban J connectivity index is 1.01. The lowest BCUT2D eigenvalue weighted by atomic mass is 9.45. The van der Waals surface area contributed by atoms with Gasteiger partial charge >= 0.3 is 6.85 Å². The number of para-hydroxylation sites is 1. The predicted molar refractivity (Wildman–Crippen MR) is 390 cm³/mol. The first-order valence-corrected chi connectivity index (χ1v) is 33.0. The summed E-state index contributed by atoms with van der Waals surface area (Å²) in [7, 11) is 0. The van der Waals surface area contributed by atoms with Crippen LogP contribution in [0, 0.1) is 0 Å². The van der Waals surface area contributed by atoms with Crippen LogP contribution in [0.2, 0.25) is 0 Å². The Labute approximate surface area is 538 Å². The van der Waals surface area contributed by atoms with Gasteiger partial charge < -0.3 is 23.4 Å². The predicted octanol–water partition coefficient (Wildman–Crippen LogP) is 23.4. The van der Waals surface area contributed by atoms with E-state index in [2.05, 4.69) is 328 Å². The molecule has 0 unspecified atom stereocenters. The first kappa shape index (κ1) is 56.7.